The first-order chi connectivity index (χ1) is 9.15. The van der Waals surface area contributed by atoms with E-state index in [0.717, 1.165) is 26.0 Å². The zero-order valence-corrected chi connectivity index (χ0v) is 11.8. The predicted octanol–water partition coefficient (Wildman–Crippen LogP) is 0.0378. The maximum atomic E-state index is 11.2. The van der Waals surface area contributed by atoms with Gasteiger partial charge in [-0.2, -0.15) is 0 Å². The van der Waals surface area contributed by atoms with Gasteiger partial charge in [0.1, 0.15) is 0 Å². The second-order valence-electron chi connectivity index (χ2n) is 4.83. The highest BCUT2D eigenvalue weighted by Crippen LogP contribution is 2.14. The Morgan fingerprint density at radius 3 is 2.89 bits per heavy atom. The smallest absolute Gasteiger partial charge is 0.306 e. The van der Waals surface area contributed by atoms with Crippen molar-refractivity contribution in [2.24, 2.45) is 0 Å². The number of hydrogen-bond acceptors (Lipinski definition) is 6. The minimum Gasteiger partial charge on any atom is -0.469 e. The molecule has 2 atom stereocenters. The molecule has 1 rings (SSSR count). The molecule has 1 saturated heterocycles. The molecule has 1 aliphatic rings. The summed E-state index contributed by atoms with van der Waals surface area (Å²) in [5.74, 6) is -0.237. The van der Waals surface area contributed by atoms with Gasteiger partial charge in [0.25, 0.3) is 0 Å². The first-order valence-corrected chi connectivity index (χ1v) is 6.73. The van der Waals surface area contributed by atoms with E-state index in [1.165, 1.54) is 7.11 Å². The van der Waals surface area contributed by atoms with Crippen LogP contribution in [0.25, 0.3) is 0 Å². The molecular formula is C13H25NO5. The fourth-order valence-electron chi connectivity index (χ4n) is 2.23. The van der Waals surface area contributed by atoms with Crippen molar-refractivity contribution in [3.8, 4) is 0 Å². The van der Waals surface area contributed by atoms with E-state index in [2.05, 4.69) is 4.74 Å². The quantitative estimate of drug-likeness (QED) is 0.599. The minimum absolute atomic E-state index is 0.201. The summed E-state index contributed by atoms with van der Waals surface area (Å²) in [6.07, 6.45) is 2.09. The van der Waals surface area contributed by atoms with Crippen LogP contribution in [0.4, 0.5) is 0 Å². The second kappa shape index (κ2) is 9.25. The van der Waals surface area contributed by atoms with Gasteiger partial charge in [-0.3, -0.25) is 9.69 Å². The third kappa shape index (κ3) is 6.87. The lowest BCUT2D eigenvalue weighted by atomic mass is 10.2. The first-order valence-electron chi connectivity index (χ1n) is 6.73. The number of hydrogen-bond donors (Lipinski definition) is 1. The molecule has 19 heavy (non-hydrogen) atoms. The number of carbonyl (C=O) groups is 1. The van der Waals surface area contributed by atoms with Gasteiger partial charge in [0.05, 0.1) is 32.3 Å². The lowest BCUT2D eigenvalue weighted by Crippen LogP contribution is -2.40. The number of aliphatic hydroxyl groups excluding tert-OH is 1. The van der Waals surface area contributed by atoms with Gasteiger partial charge in [-0.05, 0) is 12.8 Å². The van der Waals surface area contributed by atoms with E-state index in [-0.39, 0.29) is 12.1 Å². The van der Waals surface area contributed by atoms with Crippen molar-refractivity contribution < 1.29 is 24.1 Å². The van der Waals surface area contributed by atoms with E-state index in [0.29, 0.717) is 26.1 Å². The summed E-state index contributed by atoms with van der Waals surface area (Å²) < 4.78 is 15.1. The molecule has 6 heteroatoms. The van der Waals surface area contributed by atoms with Crippen LogP contribution in [0.5, 0.6) is 0 Å². The van der Waals surface area contributed by atoms with Gasteiger partial charge in [-0.1, -0.05) is 0 Å². The highest BCUT2D eigenvalue weighted by molar-refractivity contribution is 5.69. The fourth-order valence-corrected chi connectivity index (χ4v) is 2.23. The lowest BCUT2D eigenvalue weighted by Gasteiger charge is -2.26. The Balaban J connectivity index is 2.38. The van der Waals surface area contributed by atoms with Crippen molar-refractivity contribution in [3.05, 3.63) is 0 Å². The Morgan fingerprint density at radius 1 is 1.53 bits per heavy atom. The summed E-state index contributed by atoms with van der Waals surface area (Å²) in [6, 6.07) is 0. The third-order valence-corrected chi connectivity index (χ3v) is 3.17. The molecule has 0 aliphatic carbocycles. The van der Waals surface area contributed by atoms with Crippen LogP contribution in [-0.4, -0.2) is 75.3 Å². The van der Waals surface area contributed by atoms with Crippen molar-refractivity contribution in [1.82, 2.24) is 4.90 Å². The molecule has 112 valence electrons. The van der Waals surface area contributed by atoms with Crippen LogP contribution in [0, 0.1) is 0 Å². The van der Waals surface area contributed by atoms with Crippen LogP contribution in [-0.2, 0) is 19.0 Å². The summed E-state index contributed by atoms with van der Waals surface area (Å²) in [6.45, 7) is 2.87. The van der Waals surface area contributed by atoms with E-state index in [4.69, 9.17) is 9.47 Å². The molecule has 0 spiro atoms. The normalized spacial score (nSPS) is 20.7. The number of carbonyl (C=O) groups excluding carboxylic acids is 1. The van der Waals surface area contributed by atoms with Crippen LogP contribution in [0.15, 0.2) is 0 Å². The molecule has 2 unspecified atom stereocenters. The SMILES string of the molecule is COCC(O)CN(CCC(=O)OC)CC1CCCO1. The monoisotopic (exact) mass is 275 g/mol. The Hall–Kier alpha value is -0.690. The topological polar surface area (TPSA) is 68.2 Å². The maximum Gasteiger partial charge on any atom is 0.306 e. The van der Waals surface area contributed by atoms with Crippen LogP contribution in [0.3, 0.4) is 0 Å². The first kappa shape index (κ1) is 16.4. The fraction of sp³-hybridized carbons (Fsp3) is 0.923. The molecule has 1 N–H and O–H groups in total. The van der Waals surface area contributed by atoms with E-state index in [1.54, 1.807) is 7.11 Å². The van der Waals surface area contributed by atoms with Gasteiger partial charge < -0.3 is 19.3 Å². The highest BCUT2D eigenvalue weighted by atomic mass is 16.5. The Bertz CT molecular complexity index is 255. The minimum atomic E-state index is -0.552. The number of aliphatic hydroxyl groups is 1. The summed E-state index contributed by atoms with van der Waals surface area (Å²) >= 11 is 0. The van der Waals surface area contributed by atoms with Crippen molar-refractivity contribution in [3.63, 3.8) is 0 Å². The molecule has 0 saturated carbocycles. The van der Waals surface area contributed by atoms with Crippen molar-refractivity contribution in [2.45, 2.75) is 31.5 Å². The molecule has 0 aromatic rings. The van der Waals surface area contributed by atoms with E-state index in [1.807, 2.05) is 4.90 Å². The molecule has 0 bridgehead atoms. The Morgan fingerprint density at radius 2 is 2.32 bits per heavy atom. The zero-order valence-electron chi connectivity index (χ0n) is 11.8. The Labute approximate surface area is 114 Å². The number of esters is 1. The van der Waals surface area contributed by atoms with Gasteiger partial charge in [0, 0.05) is 33.4 Å². The maximum absolute atomic E-state index is 11.2. The average molecular weight is 275 g/mol. The average Bonchev–Trinajstić information content (AvgIpc) is 2.88. The third-order valence-electron chi connectivity index (χ3n) is 3.17. The van der Waals surface area contributed by atoms with E-state index < -0.39 is 6.10 Å². The molecule has 6 nitrogen and oxygen atoms in total. The molecule has 1 aliphatic heterocycles. The molecule has 1 heterocycles. The van der Waals surface area contributed by atoms with E-state index >= 15 is 0 Å². The highest BCUT2D eigenvalue weighted by Gasteiger charge is 2.21. The van der Waals surface area contributed by atoms with Crippen molar-refractivity contribution >= 4 is 5.97 Å². The van der Waals surface area contributed by atoms with Gasteiger partial charge >= 0.3 is 5.97 Å². The lowest BCUT2D eigenvalue weighted by molar-refractivity contribution is -0.141. The van der Waals surface area contributed by atoms with Gasteiger partial charge in [0.15, 0.2) is 0 Å². The number of rotatable bonds is 9. The summed E-state index contributed by atoms with van der Waals surface area (Å²) in [4.78, 5) is 13.2. The molecule has 0 aromatic heterocycles. The van der Waals surface area contributed by atoms with Gasteiger partial charge in [0.2, 0.25) is 0 Å². The van der Waals surface area contributed by atoms with Crippen LogP contribution < -0.4 is 0 Å². The standard InChI is InChI=1S/C13H25NO5/c1-17-10-11(15)8-14(6-5-13(16)18-2)9-12-4-3-7-19-12/h11-12,15H,3-10H2,1-2H3. The molecule has 1 fully saturated rings. The van der Waals surface area contributed by atoms with Crippen molar-refractivity contribution in [1.29, 1.82) is 0 Å². The van der Waals surface area contributed by atoms with Crippen LogP contribution in [0.1, 0.15) is 19.3 Å². The largest absolute Gasteiger partial charge is 0.469 e. The van der Waals surface area contributed by atoms with Gasteiger partial charge in [-0.15, -0.1) is 0 Å². The zero-order chi connectivity index (χ0) is 14.1. The van der Waals surface area contributed by atoms with E-state index in [9.17, 15) is 9.90 Å². The summed E-state index contributed by atoms with van der Waals surface area (Å²) in [5, 5.41) is 9.79. The van der Waals surface area contributed by atoms with Crippen LogP contribution in [0.2, 0.25) is 0 Å². The second-order valence-corrected chi connectivity index (χ2v) is 4.83. The Kier molecular flexibility index (Phi) is 7.97. The molecular weight excluding hydrogens is 250 g/mol. The molecule has 0 aromatic carbocycles. The molecule has 0 radical (unpaired) electrons. The number of methoxy groups -OCH3 is 2. The van der Waals surface area contributed by atoms with Gasteiger partial charge in [-0.25, -0.2) is 0 Å². The number of nitrogens with zero attached hydrogens (tertiary/aromatic N) is 1. The molecule has 0 amide bonds. The number of ether oxygens (including phenoxy) is 3. The predicted molar refractivity (Wildman–Crippen MR) is 69.9 cm³/mol. The van der Waals surface area contributed by atoms with Crippen molar-refractivity contribution in [2.75, 3.05) is 47.1 Å². The summed E-state index contributed by atoms with van der Waals surface area (Å²) in [7, 11) is 2.94. The van der Waals surface area contributed by atoms with Crippen LogP contribution >= 0.6 is 0 Å². The summed E-state index contributed by atoms with van der Waals surface area (Å²) in [5.41, 5.74) is 0.